The molecule has 0 saturated carbocycles. The quantitative estimate of drug-likeness (QED) is 0.779. The third-order valence-electron chi connectivity index (χ3n) is 2.36. The summed E-state index contributed by atoms with van der Waals surface area (Å²) in [6.45, 7) is 0.105. The summed E-state index contributed by atoms with van der Waals surface area (Å²) in [5.41, 5.74) is 0. The molecule has 0 aliphatic heterocycles. The Morgan fingerprint density at radius 2 is 2.35 bits per heavy atom. The van der Waals surface area contributed by atoms with Crippen molar-refractivity contribution in [2.75, 3.05) is 0 Å². The van der Waals surface area contributed by atoms with Crippen LogP contribution in [0.3, 0.4) is 0 Å². The number of nitrogens with zero attached hydrogens (tertiary/aromatic N) is 2. The van der Waals surface area contributed by atoms with Crippen molar-refractivity contribution < 1.29 is 19.2 Å². The van der Waals surface area contributed by atoms with E-state index >= 15 is 0 Å². The molecule has 0 bridgehead atoms. The summed E-state index contributed by atoms with van der Waals surface area (Å²) in [6, 6.07) is 5.27. The number of hydrogen-bond acceptors (Lipinski definition) is 7. The molecule has 0 aromatic carbocycles. The van der Waals surface area contributed by atoms with E-state index in [1.807, 2.05) is 17.5 Å². The number of ether oxygens (including phenoxy) is 1. The van der Waals surface area contributed by atoms with Gasteiger partial charge < -0.3 is 14.4 Å². The van der Waals surface area contributed by atoms with Crippen LogP contribution in [0.25, 0.3) is 10.7 Å². The van der Waals surface area contributed by atoms with Crippen molar-refractivity contribution in [3.8, 4) is 16.5 Å². The Balaban J connectivity index is 1.65. The van der Waals surface area contributed by atoms with Crippen molar-refractivity contribution in [2.24, 2.45) is 0 Å². The van der Waals surface area contributed by atoms with E-state index in [-0.39, 0.29) is 11.5 Å². The van der Waals surface area contributed by atoms with E-state index in [0.717, 1.165) is 16.2 Å². The smallest absolute Gasteiger partial charge is 0.346 e. The van der Waals surface area contributed by atoms with Crippen molar-refractivity contribution in [1.82, 2.24) is 10.1 Å². The summed E-state index contributed by atoms with van der Waals surface area (Å²) in [5, 5.41) is 16.2. The van der Waals surface area contributed by atoms with Gasteiger partial charge in [-0.15, -0.1) is 22.7 Å². The number of thiophene rings is 2. The molecule has 0 aliphatic carbocycles. The maximum absolute atomic E-state index is 10.7. The maximum Gasteiger partial charge on any atom is 0.346 e. The monoisotopic (exact) mass is 308 g/mol. The van der Waals surface area contributed by atoms with Gasteiger partial charge in [0.1, 0.15) is 10.6 Å². The molecule has 3 rings (SSSR count). The molecule has 3 aromatic heterocycles. The van der Waals surface area contributed by atoms with Gasteiger partial charge in [0.2, 0.25) is 5.82 Å². The zero-order valence-corrected chi connectivity index (χ0v) is 11.6. The molecule has 0 radical (unpaired) electrons. The van der Waals surface area contributed by atoms with Crippen LogP contribution in [0.5, 0.6) is 5.75 Å². The van der Waals surface area contributed by atoms with E-state index in [0.29, 0.717) is 17.5 Å². The van der Waals surface area contributed by atoms with E-state index < -0.39 is 5.97 Å². The minimum atomic E-state index is -0.970. The lowest BCUT2D eigenvalue weighted by atomic mass is 10.4. The van der Waals surface area contributed by atoms with Crippen LogP contribution in [0.2, 0.25) is 0 Å². The van der Waals surface area contributed by atoms with E-state index in [2.05, 4.69) is 10.1 Å². The fourth-order valence-electron chi connectivity index (χ4n) is 1.47. The lowest BCUT2D eigenvalue weighted by Gasteiger charge is -1.97. The zero-order valence-electron chi connectivity index (χ0n) is 9.98. The molecule has 6 nitrogen and oxygen atoms in total. The van der Waals surface area contributed by atoms with Crippen LogP contribution in [0.4, 0.5) is 0 Å². The second-order valence-electron chi connectivity index (χ2n) is 3.73. The molecule has 0 atom stereocenters. The first kappa shape index (κ1) is 12.8. The highest BCUT2D eigenvalue weighted by Crippen LogP contribution is 2.24. The minimum absolute atomic E-state index is 0.105. The van der Waals surface area contributed by atoms with Gasteiger partial charge in [-0.1, -0.05) is 11.2 Å². The van der Waals surface area contributed by atoms with Crippen LogP contribution >= 0.6 is 22.7 Å². The molecule has 8 heteroatoms. The molecular weight excluding hydrogens is 300 g/mol. The van der Waals surface area contributed by atoms with Gasteiger partial charge in [0, 0.05) is 11.4 Å². The number of carbonyl (C=O) groups is 1. The van der Waals surface area contributed by atoms with Gasteiger partial charge in [0.15, 0.2) is 6.61 Å². The molecule has 20 heavy (non-hydrogen) atoms. The van der Waals surface area contributed by atoms with Gasteiger partial charge in [0.05, 0.1) is 4.88 Å². The van der Waals surface area contributed by atoms with Crippen LogP contribution in [0, 0.1) is 0 Å². The number of hydrogen-bond donors (Lipinski definition) is 1. The van der Waals surface area contributed by atoms with Crippen molar-refractivity contribution in [2.45, 2.75) is 6.61 Å². The fourth-order valence-corrected chi connectivity index (χ4v) is 2.78. The highest BCUT2D eigenvalue weighted by molar-refractivity contribution is 7.13. The molecule has 0 aliphatic rings. The summed E-state index contributed by atoms with van der Waals surface area (Å²) < 4.78 is 10.5. The van der Waals surface area contributed by atoms with E-state index in [9.17, 15) is 4.79 Å². The third-order valence-corrected chi connectivity index (χ3v) is 4.12. The van der Waals surface area contributed by atoms with Gasteiger partial charge in [-0.25, -0.2) is 4.79 Å². The van der Waals surface area contributed by atoms with E-state index in [1.165, 1.54) is 17.4 Å². The van der Waals surface area contributed by atoms with E-state index in [4.69, 9.17) is 14.4 Å². The highest BCUT2D eigenvalue weighted by Gasteiger charge is 2.11. The predicted octanol–water partition coefficient (Wildman–Crippen LogP) is 3.14. The van der Waals surface area contributed by atoms with Crippen LogP contribution in [0.15, 0.2) is 33.5 Å². The Morgan fingerprint density at radius 3 is 3.05 bits per heavy atom. The van der Waals surface area contributed by atoms with Gasteiger partial charge in [-0.2, -0.15) is 4.98 Å². The third kappa shape index (κ3) is 2.70. The highest BCUT2D eigenvalue weighted by atomic mass is 32.1. The number of carboxylic acids is 1. The Labute approximate surface area is 121 Å². The van der Waals surface area contributed by atoms with Crippen molar-refractivity contribution >= 4 is 28.6 Å². The van der Waals surface area contributed by atoms with Crippen molar-refractivity contribution in [3.05, 3.63) is 39.7 Å². The molecule has 102 valence electrons. The van der Waals surface area contributed by atoms with Crippen LogP contribution < -0.4 is 4.74 Å². The topological polar surface area (TPSA) is 85.5 Å². The summed E-state index contributed by atoms with van der Waals surface area (Å²) in [4.78, 5) is 16.1. The Kier molecular flexibility index (Phi) is 3.48. The zero-order chi connectivity index (χ0) is 13.9. The predicted molar refractivity (Wildman–Crippen MR) is 73.2 cm³/mol. The molecular formula is C12H8N2O4S2. The molecule has 0 unspecified atom stereocenters. The van der Waals surface area contributed by atoms with Gasteiger partial charge in [-0.3, -0.25) is 0 Å². The van der Waals surface area contributed by atoms with Crippen molar-refractivity contribution in [1.29, 1.82) is 0 Å². The largest absolute Gasteiger partial charge is 0.483 e. The van der Waals surface area contributed by atoms with Gasteiger partial charge >= 0.3 is 5.97 Å². The summed E-state index contributed by atoms with van der Waals surface area (Å²) >= 11 is 2.63. The Hall–Kier alpha value is -2.19. The first-order chi connectivity index (χ1) is 9.72. The number of rotatable bonds is 5. The number of aromatic carboxylic acids is 1. The second-order valence-corrected chi connectivity index (χ2v) is 5.59. The van der Waals surface area contributed by atoms with Crippen LogP contribution in [0.1, 0.15) is 15.6 Å². The molecule has 0 spiro atoms. The SMILES string of the molecule is O=C(O)c1cc(OCc2nc(-c3cccs3)no2)cs1. The molecule has 3 heterocycles. The molecule has 0 fully saturated rings. The van der Waals surface area contributed by atoms with Crippen LogP contribution in [-0.2, 0) is 6.61 Å². The maximum atomic E-state index is 10.7. The molecule has 1 N–H and O–H groups in total. The number of carboxylic acid groups (broad SMARTS) is 1. The average molecular weight is 308 g/mol. The normalized spacial score (nSPS) is 10.6. The molecule has 0 amide bonds. The number of aromatic nitrogens is 2. The summed E-state index contributed by atoms with van der Waals surface area (Å²) in [6.07, 6.45) is 0. The fraction of sp³-hybridized carbons (Fsp3) is 0.0833. The first-order valence-corrected chi connectivity index (χ1v) is 7.29. The summed E-state index contributed by atoms with van der Waals surface area (Å²) in [5.74, 6) is 0.373. The first-order valence-electron chi connectivity index (χ1n) is 5.53. The van der Waals surface area contributed by atoms with Gasteiger partial charge in [0.25, 0.3) is 5.89 Å². The second kappa shape index (κ2) is 5.43. The summed E-state index contributed by atoms with van der Waals surface area (Å²) in [7, 11) is 0. The average Bonchev–Trinajstić information content (AvgIpc) is 3.17. The minimum Gasteiger partial charge on any atom is -0.483 e. The molecule has 3 aromatic rings. The Morgan fingerprint density at radius 1 is 1.45 bits per heavy atom. The van der Waals surface area contributed by atoms with Crippen molar-refractivity contribution in [3.63, 3.8) is 0 Å². The van der Waals surface area contributed by atoms with Gasteiger partial charge in [-0.05, 0) is 11.4 Å². The van der Waals surface area contributed by atoms with Crippen LogP contribution in [-0.4, -0.2) is 21.2 Å². The standard InChI is InChI=1S/C12H8N2O4S2/c15-12(16)9-4-7(6-20-9)17-5-10-13-11(14-18-10)8-2-1-3-19-8/h1-4,6H,5H2,(H,15,16). The lowest BCUT2D eigenvalue weighted by molar-refractivity contribution is 0.0702. The van der Waals surface area contributed by atoms with E-state index in [1.54, 1.807) is 5.38 Å². The Bertz CT molecular complexity index is 717. The lowest BCUT2D eigenvalue weighted by Crippen LogP contribution is -1.95. The molecule has 0 saturated heterocycles.